The lowest BCUT2D eigenvalue weighted by Gasteiger charge is -2.26. The number of rotatable bonds is 5. The molecule has 0 saturated heterocycles. The number of amides is 2. The maximum absolute atomic E-state index is 12.2. The number of benzene rings is 2. The molecule has 2 amide bonds. The third kappa shape index (κ3) is 4.52. The summed E-state index contributed by atoms with van der Waals surface area (Å²) < 4.78 is 5.23. The summed E-state index contributed by atoms with van der Waals surface area (Å²) in [6, 6.07) is 17.2. The van der Waals surface area contributed by atoms with E-state index in [2.05, 4.69) is 22.8 Å². The van der Waals surface area contributed by atoms with E-state index in [4.69, 9.17) is 4.74 Å². The second-order valence-corrected chi connectivity index (χ2v) is 5.83. The van der Waals surface area contributed by atoms with E-state index in [-0.39, 0.29) is 11.6 Å². The minimum atomic E-state index is -0.354. The molecule has 2 aromatic rings. The first-order valence-electron chi connectivity index (χ1n) is 7.26. The normalized spacial score (nSPS) is 10.9. The summed E-state index contributed by atoms with van der Waals surface area (Å²) in [6.07, 6.45) is 0.757. The lowest BCUT2D eigenvalue weighted by molar-refractivity contribution is 0.241. The van der Waals surface area contributed by atoms with E-state index in [9.17, 15) is 4.79 Å². The lowest BCUT2D eigenvalue weighted by Crippen LogP contribution is -2.47. The van der Waals surface area contributed by atoms with Crippen molar-refractivity contribution in [2.45, 2.75) is 25.8 Å². The fourth-order valence-corrected chi connectivity index (χ4v) is 2.36. The van der Waals surface area contributed by atoms with Crippen LogP contribution in [0.5, 0.6) is 5.75 Å². The molecule has 0 fully saturated rings. The number of hydrogen-bond acceptors (Lipinski definition) is 2. The molecular weight excluding hydrogens is 276 g/mol. The van der Waals surface area contributed by atoms with E-state index in [1.54, 1.807) is 7.11 Å². The van der Waals surface area contributed by atoms with E-state index in [1.807, 2.05) is 56.3 Å². The molecular formula is C18H22N2O2. The number of nitrogens with one attached hydrogen (secondary N) is 2. The zero-order chi connectivity index (χ0) is 16.0. The van der Waals surface area contributed by atoms with Gasteiger partial charge in [0, 0.05) is 5.54 Å². The number of carbonyl (C=O) groups is 1. The van der Waals surface area contributed by atoms with Crippen molar-refractivity contribution < 1.29 is 9.53 Å². The standard InChI is InChI=1S/C18H22N2O2/c1-18(2,13-14-9-5-4-6-10-14)20-17(21)19-15-11-7-8-12-16(15)22-3/h4-12H,13H2,1-3H3,(H2,19,20,21). The molecule has 0 aromatic heterocycles. The molecule has 0 aliphatic carbocycles. The lowest BCUT2D eigenvalue weighted by atomic mass is 9.95. The number of carbonyl (C=O) groups excluding carboxylic acids is 1. The summed E-state index contributed by atoms with van der Waals surface area (Å²) >= 11 is 0. The average molecular weight is 298 g/mol. The second-order valence-electron chi connectivity index (χ2n) is 5.83. The van der Waals surface area contributed by atoms with Crippen LogP contribution in [0.4, 0.5) is 10.5 Å². The molecule has 0 spiro atoms. The van der Waals surface area contributed by atoms with Gasteiger partial charge in [-0.15, -0.1) is 0 Å². The largest absolute Gasteiger partial charge is 0.495 e. The van der Waals surface area contributed by atoms with Gasteiger partial charge >= 0.3 is 6.03 Å². The third-order valence-electron chi connectivity index (χ3n) is 3.30. The van der Waals surface area contributed by atoms with Crippen LogP contribution in [0.15, 0.2) is 54.6 Å². The van der Waals surface area contributed by atoms with Crippen LogP contribution < -0.4 is 15.4 Å². The quantitative estimate of drug-likeness (QED) is 0.881. The van der Waals surface area contributed by atoms with Crippen LogP contribution in [-0.4, -0.2) is 18.7 Å². The highest BCUT2D eigenvalue weighted by Gasteiger charge is 2.21. The second kappa shape index (κ2) is 6.98. The van der Waals surface area contributed by atoms with E-state index < -0.39 is 0 Å². The van der Waals surface area contributed by atoms with E-state index in [0.717, 1.165) is 6.42 Å². The van der Waals surface area contributed by atoms with Crippen LogP contribution in [0, 0.1) is 0 Å². The first-order valence-corrected chi connectivity index (χ1v) is 7.26. The predicted octanol–water partition coefficient (Wildman–Crippen LogP) is 3.84. The summed E-state index contributed by atoms with van der Waals surface area (Å²) in [7, 11) is 1.58. The Labute approximate surface area is 131 Å². The Hall–Kier alpha value is -2.49. The van der Waals surface area contributed by atoms with Gasteiger partial charge in [-0.3, -0.25) is 0 Å². The molecule has 0 bridgehead atoms. The molecule has 22 heavy (non-hydrogen) atoms. The SMILES string of the molecule is COc1ccccc1NC(=O)NC(C)(C)Cc1ccccc1. The Morgan fingerprint density at radius 1 is 1.05 bits per heavy atom. The van der Waals surface area contributed by atoms with E-state index >= 15 is 0 Å². The number of para-hydroxylation sites is 2. The van der Waals surface area contributed by atoms with Gasteiger partial charge in [0.1, 0.15) is 5.75 Å². The van der Waals surface area contributed by atoms with Gasteiger partial charge in [-0.25, -0.2) is 4.79 Å². The summed E-state index contributed by atoms with van der Waals surface area (Å²) in [6.45, 7) is 4.00. The molecule has 0 aliphatic heterocycles. The molecule has 0 saturated carbocycles. The smallest absolute Gasteiger partial charge is 0.319 e. The topological polar surface area (TPSA) is 50.4 Å². The van der Waals surface area contributed by atoms with Crippen molar-refractivity contribution in [1.29, 1.82) is 0 Å². The van der Waals surface area contributed by atoms with Crippen molar-refractivity contribution in [3.8, 4) is 5.75 Å². The van der Waals surface area contributed by atoms with Gasteiger partial charge in [-0.05, 0) is 38.0 Å². The molecule has 0 aliphatic rings. The summed E-state index contributed by atoms with van der Waals surface area (Å²) in [5, 5.41) is 5.83. The molecule has 2 rings (SSSR count). The van der Waals surface area contributed by atoms with Gasteiger partial charge in [-0.1, -0.05) is 42.5 Å². The Bertz CT molecular complexity index is 624. The van der Waals surface area contributed by atoms with E-state index in [0.29, 0.717) is 11.4 Å². The number of urea groups is 1. The van der Waals surface area contributed by atoms with Crippen molar-refractivity contribution in [3.05, 3.63) is 60.2 Å². The number of anilines is 1. The van der Waals surface area contributed by atoms with Crippen LogP contribution in [0.25, 0.3) is 0 Å². The molecule has 4 heteroatoms. The molecule has 0 heterocycles. The molecule has 2 aromatic carbocycles. The van der Waals surface area contributed by atoms with Crippen molar-refractivity contribution in [2.75, 3.05) is 12.4 Å². The number of hydrogen-bond donors (Lipinski definition) is 2. The van der Waals surface area contributed by atoms with Crippen molar-refractivity contribution in [3.63, 3.8) is 0 Å². The van der Waals surface area contributed by atoms with Gasteiger partial charge in [0.2, 0.25) is 0 Å². The summed E-state index contributed by atoms with van der Waals surface area (Å²) in [5.41, 5.74) is 1.48. The average Bonchev–Trinajstić information content (AvgIpc) is 2.47. The van der Waals surface area contributed by atoms with E-state index in [1.165, 1.54) is 5.56 Å². The summed E-state index contributed by atoms with van der Waals surface area (Å²) in [4.78, 5) is 12.2. The Balaban J connectivity index is 1.98. The zero-order valence-electron chi connectivity index (χ0n) is 13.2. The highest BCUT2D eigenvalue weighted by molar-refractivity contribution is 5.91. The fourth-order valence-electron chi connectivity index (χ4n) is 2.36. The van der Waals surface area contributed by atoms with Gasteiger partial charge in [0.15, 0.2) is 0 Å². The Morgan fingerprint density at radius 2 is 1.68 bits per heavy atom. The van der Waals surface area contributed by atoms with Gasteiger partial charge in [0.25, 0.3) is 0 Å². The third-order valence-corrected chi connectivity index (χ3v) is 3.30. The zero-order valence-corrected chi connectivity index (χ0v) is 13.2. The number of ether oxygens (including phenoxy) is 1. The monoisotopic (exact) mass is 298 g/mol. The van der Waals surface area contributed by atoms with Crippen LogP contribution in [-0.2, 0) is 6.42 Å². The highest BCUT2D eigenvalue weighted by atomic mass is 16.5. The molecule has 0 atom stereocenters. The minimum Gasteiger partial charge on any atom is -0.495 e. The van der Waals surface area contributed by atoms with Crippen LogP contribution >= 0.6 is 0 Å². The predicted molar refractivity (Wildman–Crippen MR) is 89.4 cm³/mol. The van der Waals surface area contributed by atoms with Gasteiger partial charge in [-0.2, -0.15) is 0 Å². The number of methoxy groups -OCH3 is 1. The molecule has 0 radical (unpaired) electrons. The molecule has 116 valence electrons. The van der Waals surface area contributed by atoms with Crippen LogP contribution in [0.2, 0.25) is 0 Å². The van der Waals surface area contributed by atoms with Crippen LogP contribution in [0.3, 0.4) is 0 Å². The molecule has 0 unspecified atom stereocenters. The Kier molecular flexibility index (Phi) is 5.04. The first-order chi connectivity index (χ1) is 10.5. The van der Waals surface area contributed by atoms with Gasteiger partial charge in [0.05, 0.1) is 12.8 Å². The Morgan fingerprint density at radius 3 is 2.36 bits per heavy atom. The molecule has 2 N–H and O–H groups in total. The first kappa shape index (κ1) is 15.9. The summed E-state index contributed by atoms with van der Waals surface area (Å²) in [5.74, 6) is 0.638. The van der Waals surface area contributed by atoms with Gasteiger partial charge < -0.3 is 15.4 Å². The molecule has 4 nitrogen and oxygen atoms in total. The van der Waals surface area contributed by atoms with Crippen molar-refractivity contribution in [2.24, 2.45) is 0 Å². The van der Waals surface area contributed by atoms with Crippen molar-refractivity contribution in [1.82, 2.24) is 5.32 Å². The minimum absolute atomic E-state index is 0.245. The highest BCUT2D eigenvalue weighted by Crippen LogP contribution is 2.23. The van der Waals surface area contributed by atoms with Crippen molar-refractivity contribution >= 4 is 11.7 Å². The fraction of sp³-hybridized carbons (Fsp3) is 0.278. The van der Waals surface area contributed by atoms with Crippen LogP contribution in [0.1, 0.15) is 19.4 Å². The maximum Gasteiger partial charge on any atom is 0.319 e. The maximum atomic E-state index is 12.2.